The second-order valence-corrected chi connectivity index (χ2v) is 14.0. The van der Waals surface area contributed by atoms with Gasteiger partial charge in [-0.15, -0.1) is 0 Å². The summed E-state index contributed by atoms with van der Waals surface area (Å²) in [4.78, 5) is 81.9. The number of aliphatic carboxylic acids is 1. The average Bonchev–Trinajstić information content (AvgIpc) is 3.11. The lowest BCUT2D eigenvalue weighted by molar-refractivity contribution is -0.288. The molecule has 1 aliphatic heterocycles. The van der Waals surface area contributed by atoms with Crippen LogP contribution in [0.3, 0.4) is 0 Å². The molecular weight excluding hydrogens is 720 g/mol. The minimum atomic E-state index is -1.000. The third kappa shape index (κ3) is 26.0. The Bertz CT molecular complexity index is 1170. The smallest absolute Gasteiger partial charge is 0.303 e. The topological polar surface area (TPSA) is 219 Å². The number of hydrogen-bond donors (Lipinski definition) is 3. The molecule has 1 heterocycles. The van der Waals surface area contributed by atoms with Crippen LogP contribution < -0.4 is 10.6 Å². The van der Waals surface area contributed by atoms with E-state index in [1.807, 2.05) is 0 Å². The number of esters is 3. The summed E-state index contributed by atoms with van der Waals surface area (Å²) < 4.78 is 33.3. The quantitative estimate of drug-likeness (QED) is 0.0492. The molecule has 16 heteroatoms. The van der Waals surface area contributed by atoms with Crippen molar-refractivity contribution in [3.05, 3.63) is 0 Å². The number of hydrogen-bond acceptors (Lipinski definition) is 13. The number of carbonyl (C=O) groups is 7. The van der Waals surface area contributed by atoms with E-state index in [2.05, 4.69) is 10.6 Å². The Hall–Kier alpha value is -3.63. The first-order chi connectivity index (χ1) is 26.3. The highest BCUT2D eigenvalue weighted by Gasteiger charge is 2.48. The van der Waals surface area contributed by atoms with E-state index in [1.54, 1.807) is 6.92 Å². The van der Waals surface area contributed by atoms with E-state index in [-0.39, 0.29) is 56.7 Å². The lowest BCUT2D eigenvalue weighted by Gasteiger charge is -2.43. The number of carboxylic acid groups (broad SMARTS) is 1. The van der Waals surface area contributed by atoms with Crippen LogP contribution in [0.1, 0.15) is 137 Å². The van der Waals surface area contributed by atoms with Gasteiger partial charge in [-0.05, 0) is 38.5 Å². The Morgan fingerprint density at radius 2 is 1.13 bits per heavy atom. The summed E-state index contributed by atoms with van der Waals surface area (Å²) in [5.41, 5.74) is 0. The van der Waals surface area contributed by atoms with Crippen LogP contribution in [-0.2, 0) is 62.0 Å². The van der Waals surface area contributed by atoms with Gasteiger partial charge in [-0.2, -0.15) is 0 Å². The first-order valence-electron chi connectivity index (χ1n) is 19.9. The van der Waals surface area contributed by atoms with Crippen molar-refractivity contribution in [2.24, 2.45) is 5.92 Å². The van der Waals surface area contributed by atoms with Crippen molar-refractivity contribution in [3.63, 3.8) is 0 Å². The summed E-state index contributed by atoms with van der Waals surface area (Å²) in [5.74, 6) is -3.02. The SMILES string of the molecule is CC(=O)OC[C@H]1O[C@@H](OCCCCC(=O)NCCCNC(=O)CCOCCCC(=O)CCCCCCCCCCC(=O)O)[C@H](C)C(OC(C)=O)C1OC(C)=O. The van der Waals surface area contributed by atoms with Crippen molar-refractivity contribution < 1.29 is 67.1 Å². The molecule has 1 saturated heterocycles. The van der Waals surface area contributed by atoms with Crippen molar-refractivity contribution in [3.8, 4) is 0 Å². The number of ether oxygens (including phenoxy) is 6. The van der Waals surface area contributed by atoms with E-state index in [0.29, 0.717) is 58.2 Å². The van der Waals surface area contributed by atoms with Crippen LogP contribution in [0.25, 0.3) is 0 Å². The number of carboxylic acids is 1. The van der Waals surface area contributed by atoms with Crippen LogP contribution in [0.2, 0.25) is 0 Å². The second-order valence-electron chi connectivity index (χ2n) is 14.0. The molecule has 1 fully saturated rings. The van der Waals surface area contributed by atoms with Gasteiger partial charge in [-0.3, -0.25) is 33.6 Å². The maximum absolute atomic E-state index is 12.3. The molecular formula is C39H66N2O14. The van der Waals surface area contributed by atoms with Crippen molar-refractivity contribution in [1.29, 1.82) is 0 Å². The third-order valence-electron chi connectivity index (χ3n) is 8.89. The van der Waals surface area contributed by atoms with E-state index >= 15 is 0 Å². The van der Waals surface area contributed by atoms with Crippen molar-refractivity contribution >= 4 is 41.5 Å². The molecule has 0 radical (unpaired) electrons. The molecule has 2 amide bonds. The fourth-order valence-electron chi connectivity index (χ4n) is 5.99. The Balaban J connectivity index is 2.09. The van der Waals surface area contributed by atoms with Gasteiger partial charge in [0, 0.05) is 85.1 Å². The van der Waals surface area contributed by atoms with Gasteiger partial charge in [-0.1, -0.05) is 45.4 Å². The highest BCUT2D eigenvalue weighted by molar-refractivity contribution is 5.78. The first kappa shape index (κ1) is 49.4. The van der Waals surface area contributed by atoms with Crippen LogP contribution >= 0.6 is 0 Å². The number of Topliss-reactive ketones (excluding diaryl/α,β-unsaturated/α-hetero) is 1. The fraction of sp³-hybridized carbons (Fsp3) is 0.821. The second kappa shape index (κ2) is 30.6. The molecule has 0 saturated carbocycles. The highest BCUT2D eigenvalue weighted by atomic mass is 16.7. The number of ketones is 1. The molecule has 0 aromatic carbocycles. The Kier molecular flexibility index (Phi) is 27.5. The summed E-state index contributed by atoms with van der Waals surface area (Å²) in [5, 5.41) is 14.3. The molecule has 1 rings (SSSR count). The van der Waals surface area contributed by atoms with E-state index in [0.717, 1.165) is 51.4 Å². The summed E-state index contributed by atoms with van der Waals surface area (Å²) in [7, 11) is 0. The molecule has 1 aliphatic rings. The van der Waals surface area contributed by atoms with E-state index in [4.69, 9.17) is 33.5 Å². The largest absolute Gasteiger partial charge is 0.481 e. The Morgan fingerprint density at radius 1 is 0.582 bits per heavy atom. The maximum Gasteiger partial charge on any atom is 0.303 e. The number of rotatable bonds is 32. The predicted molar refractivity (Wildman–Crippen MR) is 199 cm³/mol. The zero-order valence-electron chi connectivity index (χ0n) is 33.4. The van der Waals surface area contributed by atoms with Crippen LogP contribution in [-0.4, -0.2) is 111 Å². The standard InChI is InChI=1S/C39H66N2O14/c1-28-37(53-30(3)43)38(54-31(4)44)33(27-52-29(2)42)55-39(28)51-25-14-13-19-34(46)40-22-16-23-41-35(47)21-26-50-24-15-18-32(45)17-11-9-7-5-6-8-10-12-20-36(48)49/h28,33,37-39H,5-27H2,1-4H3,(H,40,46)(H,41,47)(H,48,49)/t28-,33-,37?,38?,39-/m1/s1. The third-order valence-corrected chi connectivity index (χ3v) is 8.89. The molecule has 0 bridgehead atoms. The first-order valence-corrected chi connectivity index (χ1v) is 19.9. The van der Waals surface area contributed by atoms with Crippen molar-refractivity contribution in [2.45, 2.75) is 161 Å². The van der Waals surface area contributed by atoms with Gasteiger partial charge in [-0.25, -0.2) is 0 Å². The van der Waals surface area contributed by atoms with Gasteiger partial charge in [0.15, 0.2) is 12.4 Å². The number of amides is 2. The van der Waals surface area contributed by atoms with Crippen LogP contribution in [0.4, 0.5) is 0 Å². The molecule has 5 atom stereocenters. The minimum Gasteiger partial charge on any atom is -0.481 e. The monoisotopic (exact) mass is 786 g/mol. The minimum absolute atomic E-state index is 0.126. The molecule has 3 N–H and O–H groups in total. The molecule has 2 unspecified atom stereocenters. The predicted octanol–water partition coefficient (Wildman–Crippen LogP) is 4.32. The van der Waals surface area contributed by atoms with E-state index in [9.17, 15) is 33.6 Å². The zero-order valence-corrected chi connectivity index (χ0v) is 33.4. The van der Waals surface area contributed by atoms with Crippen LogP contribution in [0.5, 0.6) is 0 Å². The molecule has 316 valence electrons. The van der Waals surface area contributed by atoms with E-state index in [1.165, 1.54) is 20.8 Å². The molecule has 16 nitrogen and oxygen atoms in total. The number of nitrogens with one attached hydrogen (secondary N) is 2. The van der Waals surface area contributed by atoms with Crippen molar-refractivity contribution in [1.82, 2.24) is 10.6 Å². The molecule has 0 aromatic heterocycles. The summed E-state index contributed by atoms with van der Waals surface area (Å²) in [6.07, 6.45) is 8.43. The van der Waals surface area contributed by atoms with Gasteiger partial charge >= 0.3 is 23.9 Å². The molecule has 0 spiro atoms. The summed E-state index contributed by atoms with van der Waals surface area (Å²) in [6.45, 7) is 6.97. The van der Waals surface area contributed by atoms with Crippen molar-refractivity contribution in [2.75, 3.05) is 39.5 Å². The molecule has 0 aliphatic carbocycles. The maximum atomic E-state index is 12.3. The highest BCUT2D eigenvalue weighted by Crippen LogP contribution is 2.32. The lowest BCUT2D eigenvalue weighted by Crippen LogP contribution is -2.58. The van der Waals surface area contributed by atoms with Gasteiger partial charge in [0.05, 0.1) is 6.61 Å². The van der Waals surface area contributed by atoms with Gasteiger partial charge in [0.1, 0.15) is 24.6 Å². The normalized spacial score (nSPS) is 19.2. The van der Waals surface area contributed by atoms with E-state index < -0.39 is 54.4 Å². The van der Waals surface area contributed by atoms with Crippen LogP contribution in [0, 0.1) is 5.92 Å². The van der Waals surface area contributed by atoms with Gasteiger partial charge < -0.3 is 44.2 Å². The zero-order chi connectivity index (χ0) is 40.8. The number of unbranched alkanes of at least 4 members (excludes halogenated alkanes) is 8. The number of carbonyl (C=O) groups excluding carboxylic acids is 6. The van der Waals surface area contributed by atoms with Crippen LogP contribution in [0.15, 0.2) is 0 Å². The average molecular weight is 787 g/mol. The molecule has 0 aromatic rings. The molecule has 55 heavy (non-hydrogen) atoms. The summed E-state index contributed by atoms with van der Waals surface area (Å²) >= 11 is 0. The van der Waals surface area contributed by atoms with Gasteiger partial charge in [0.2, 0.25) is 11.8 Å². The Labute approximate surface area is 325 Å². The fourth-order valence-corrected chi connectivity index (χ4v) is 5.99. The Morgan fingerprint density at radius 3 is 1.73 bits per heavy atom. The summed E-state index contributed by atoms with van der Waals surface area (Å²) in [6, 6.07) is 0. The lowest BCUT2D eigenvalue weighted by atomic mass is 9.92. The van der Waals surface area contributed by atoms with Gasteiger partial charge in [0.25, 0.3) is 0 Å².